The lowest BCUT2D eigenvalue weighted by Crippen LogP contribution is -2.35. The van der Waals surface area contributed by atoms with Crippen molar-refractivity contribution < 1.29 is 14.0 Å². The van der Waals surface area contributed by atoms with Crippen LogP contribution >= 0.6 is 11.6 Å². The van der Waals surface area contributed by atoms with E-state index in [1.165, 1.54) is 6.42 Å². The van der Waals surface area contributed by atoms with Crippen LogP contribution in [0, 0.1) is 5.92 Å². The summed E-state index contributed by atoms with van der Waals surface area (Å²) in [6.45, 7) is 9.05. The fourth-order valence-electron chi connectivity index (χ4n) is 4.86. The molecule has 0 atom stereocenters. The topological polar surface area (TPSA) is 65.8 Å². The maximum absolute atomic E-state index is 13.3. The van der Waals surface area contributed by atoms with Gasteiger partial charge in [0.15, 0.2) is 0 Å². The molecule has 7 heteroatoms. The van der Waals surface area contributed by atoms with Crippen LogP contribution in [0.15, 0.2) is 59.0 Å². The molecule has 0 aliphatic carbocycles. The summed E-state index contributed by atoms with van der Waals surface area (Å²) < 4.78 is 6.06. The van der Waals surface area contributed by atoms with E-state index in [2.05, 4.69) is 24.1 Å². The summed E-state index contributed by atoms with van der Waals surface area (Å²) >= 11 is 6.14. The van der Waals surface area contributed by atoms with Gasteiger partial charge in [0.25, 0.3) is 11.8 Å². The SMILES string of the molecule is CC(C)CCN1CCCN(C(=O)c2cccc(-c3ccc(C=C4C(=O)Nc5ccc(Cl)cc54)o3)c2)CC1. The lowest BCUT2D eigenvalue weighted by atomic mass is 10.1. The van der Waals surface area contributed by atoms with E-state index in [9.17, 15) is 9.59 Å². The Morgan fingerprint density at radius 2 is 1.95 bits per heavy atom. The third-order valence-corrected chi connectivity index (χ3v) is 7.21. The van der Waals surface area contributed by atoms with Crippen LogP contribution in [0.4, 0.5) is 5.69 Å². The Labute approximate surface area is 222 Å². The molecule has 3 heterocycles. The largest absolute Gasteiger partial charge is 0.457 e. The normalized spacial score (nSPS) is 17.2. The molecule has 2 amide bonds. The number of hydrogen-bond donors (Lipinski definition) is 1. The minimum absolute atomic E-state index is 0.0533. The molecule has 0 radical (unpaired) electrons. The molecule has 1 N–H and O–H groups in total. The van der Waals surface area contributed by atoms with Crippen LogP contribution in [-0.4, -0.2) is 54.3 Å². The van der Waals surface area contributed by atoms with Gasteiger partial charge in [-0.3, -0.25) is 9.59 Å². The van der Waals surface area contributed by atoms with E-state index in [-0.39, 0.29) is 11.8 Å². The molecular weight excluding hydrogens is 486 g/mol. The van der Waals surface area contributed by atoms with Crippen LogP contribution < -0.4 is 5.32 Å². The summed E-state index contributed by atoms with van der Waals surface area (Å²) in [5, 5.41) is 3.42. The van der Waals surface area contributed by atoms with Crippen LogP contribution in [0.3, 0.4) is 0 Å². The van der Waals surface area contributed by atoms with Crippen molar-refractivity contribution in [1.29, 1.82) is 0 Å². The van der Waals surface area contributed by atoms with E-state index in [4.69, 9.17) is 16.0 Å². The number of anilines is 1. The smallest absolute Gasteiger partial charge is 0.256 e. The number of fused-ring (bicyclic) bond motifs is 1. The van der Waals surface area contributed by atoms with Crippen molar-refractivity contribution in [3.8, 4) is 11.3 Å². The van der Waals surface area contributed by atoms with Gasteiger partial charge in [0.05, 0.1) is 5.57 Å². The number of furan rings is 1. The number of nitrogens with zero attached hydrogens (tertiary/aromatic N) is 2. The average molecular weight is 518 g/mol. The minimum atomic E-state index is -0.192. The molecule has 0 spiro atoms. The molecule has 37 heavy (non-hydrogen) atoms. The van der Waals surface area contributed by atoms with E-state index in [0.717, 1.165) is 56.0 Å². The number of amides is 2. The van der Waals surface area contributed by atoms with Crippen LogP contribution in [0.1, 0.15) is 48.4 Å². The Hall–Kier alpha value is -3.35. The molecule has 5 rings (SSSR count). The van der Waals surface area contributed by atoms with E-state index in [1.807, 2.05) is 41.3 Å². The predicted molar refractivity (Wildman–Crippen MR) is 149 cm³/mol. The summed E-state index contributed by atoms with van der Waals surface area (Å²) in [5.41, 5.74) is 3.47. The maximum Gasteiger partial charge on any atom is 0.256 e. The number of rotatable bonds is 6. The van der Waals surface area contributed by atoms with Crippen molar-refractivity contribution in [2.45, 2.75) is 26.7 Å². The third-order valence-electron chi connectivity index (χ3n) is 6.97. The Balaban J connectivity index is 1.30. The van der Waals surface area contributed by atoms with E-state index < -0.39 is 0 Å². The first-order chi connectivity index (χ1) is 17.9. The molecule has 2 aromatic carbocycles. The molecule has 1 fully saturated rings. The number of carbonyl (C=O) groups is 2. The van der Waals surface area contributed by atoms with Crippen molar-refractivity contribution in [3.63, 3.8) is 0 Å². The lowest BCUT2D eigenvalue weighted by Gasteiger charge is -2.22. The van der Waals surface area contributed by atoms with E-state index in [0.29, 0.717) is 33.6 Å². The standard InChI is InChI=1S/C30H32ClN3O3/c1-20(2)11-14-33-12-4-13-34(16-15-33)30(36)22-6-3-5-21(17-22)28-10-8-24(37-28)19-26-25-18-23(31)7-9-27(25)32-29(26)35/h3,5-10,17-20H,4,11-16H2,1-2H3,(H,32,35). The first-order valence-electron chi connectivity index (χ1n) is 12.9. The maximum atomic E-state index is 13.3. The van der Waals surface area contributed by atoms with Gasteiger partial charge in [-0.05, 0) is 80.4 Å². The monoisotopic (exact) mass is 517 g/mol. The van der Waals surface area contributed by atoms with Gasteiger partial charge in [-0.15, -0.1) is 0 Å². The summed E-state index contributed by atoms with van der Waals surface area (Å²) in [7, 11) is 0. The zero-order valence-electron chi connectivity index (χ0n) is 21.3. The molecule has 0 bridgehead atoms. The van der Waals surface area contributed by atoms with Gasteiger partial charge in [0.1, 0.15) is 11.5 Å². The first-order valence-corrected chi connectivity index (χ1v) is 13.3. The molecule has 192 valence electrons. The highest BCUT2D eigenvalue weighted by Gasteiger charge is 2.25. The van der Waals surface area contributed by atoms with Crippen molar-refractivity contribution >= 4 is 40.8 Å². The fraction of sp³-hybridized carbons (Fsp3) is 0.333. The summed E-state index contributed by atoms with van der Waals surface area (Å²) in [5.74, 6) is 1.74. The van der Waals surface area contributed by atoms with Gasteiger partial charge in [0, 0.05) is 47.0 Å². The highest BCUT2D eigenvalue weighted by atomic mass is 35.5. The van der Waals surface area contributed by atoms with Gasteiger partial charge in [-0.25, -0.2) is 0 Å². The highest BCUT2D eigenvalue weighted by molar-refractivity contribution is 6.36. The molecule has 1 aromatic heterocycles. The van der Waals surface area contributed by atoms with Gasteiger partial charge in [-0.1, -0.05) is 37.6 Å². The first kappa shape index (κ1) is 25.3. The Bertz CT molecular complexity index is 1340. The number of halogens is 1. The van der Waals surface area contributed by atoms with Gasteiger partial charge >= 0.3 is 0 Å². The van der Waals surface area contributed by atoms with Gasteiger partial charge in [-0.2, -0.15) is 0 Å². The predicted octanol–water partition coefficient (Wildman–Crippen LogP) is 6.29. The molecule has 0 unspecified atom stereocenters. The third kappa shape index (κ3) is 5.81. The number of benzene rings is 2. The molecule has 6 nitrogen and oxygen atoms in total. The molecule has 1 saturated heterocycles. The number of carbonyl (C=O) groups excluding carboxylic acids is 2. The van der Waals surface area contributed by atoms with Gasteiger partial charge in [0.2, 0.25) is 0 Å². The highest BCUT2D eigenvalue weighted by Crippen LogP contribution is 2.35. The molecule has 3 aromatic rings. The average Bonchev–Trinajstić information content (AvgIpc) is 3.39. The molecular formula is C30H32ClN3O3. The number of hydrogen-bond acceptors (Lipinski definition) is 4. The van der Waals surface area contributed by atoms with E-state index in [1.54, 1.807) is 24.3 Å². The zero-order valence-corrected chi connectivity index (χ0v) is 22.1. The fourth-order valence-corrected chi connectivity index (χ4v) is 5.03. The quantitative estimate of drug-likeness (QED) is 0.390. The van der Waals surface area contributed by atoms with Crippen LogP contribution in [0.25, 0.3) is 23.0 Å². The zero-order chi connectivity index (χ0) is 25.9. The second kappa shape index (κ2) is 11.0. The van der Waals surface area contributed by atoms with Crippen LogP contribution in [-0.2, 0) is 4.79 Å². The van der Waals surface area contributed by atoms with E-state index >= 15 is 0 Å². The Morgan fingerprint density at radius 1 is 1.08 bits per heavy atom. The van der Waals surface area contributed by atoms with Gasteiger partial charge < -0.3 is 19.5 Å². The molecule has 0 saturated carbocycles. The summed E-state index contributed by atoms with van der Waals surface area (Å²) in [6, 6.07) is 16.6. The minimum Gasteiger partial charge on any atom is -0.457 e. The van der Waals surface area contributed by atoms with Crippen LogP contribution in [0.2, 0.25) is 5.02 Å². The molecule has 2 aliphatic rings. The molecule has 2 aliphatic heterocycles. The van der Waals surface area contributed by atoms with Crippen molar-refractivity contribution in [3.05, 3.63) is 76.5 Å². The number of nitrogens with one attached hydrogen (secondary N) is 1. The Morgan fingerprint density at radius 3 is 2.78 bits per heavy atom. The second-order valence-electron chi connectivity index (χ2n) is 10.2. The summed E-state index contributed by atoms with van der Waals surface area (Å²) in [4.78, 5) is 30.3. The second-order valence-corrected chi connectivity index (χ2v) is 10.6. The summed E-state index contributed by atoms with van der Waals surface area (Å²) in [6.07, 6.45) is 3.89. The Kier molecular flexibility index (Phi) is 7.49. The van der Waals surface area contributed by atoms with Crippen molar-refractivity contribution in [2.75, 3.05) is 38.0 Å². The lowest BCUT2D eigenvalue weighted by molar-refractivity contribution is -0.110. The van der Waals surface area contributed by atoms with Crippen molar-refractivity contribution in [1.82, 2.24) is 9.80 Å². The van der Waals surface area contributed by atoms with Crippen LogP contribution in [0.5, 0.6) is 0 Å². The van der Waals surface area contributed by atoms with Crippen molar-refractivity contribution in [2.24, 2.45) is 5.92 Å².